The fourth-order valence-corrected chi connectivity index (χ4v) is 3.39. The van der Waals surface area contributed by atoms with Gasteiger partial charge >= 0.3 is 6.61 Å². The molecular formula is C21H23F2NO3. The second kappa shape index (κ2) is 8.93. The maximum absolute atomic E-state index is 12.5. The SMILES string of the molecule is Cc1cccc(OC2CCC(C(=O)Cc3ccc(OC(F)F)cc3)CC2)n1. The van der Waals surface area contributed by atoms with Crippen LogP contribution in [0.1, 0.15) is 36.9 Å². The number of aromatic nitrogens is 1. The standard InChI is InChI=1S/C21H23F2NO3/c1-14-3-2-4-20(24-14)26-17-11-7-16(8-12-17)19(25)13-15-5-9-18(10-6-15)27-21(22)23/h2-6,9-10,16-17,21H,7-8,11-13H2,1H3. The molecule has 0 amide bonds. The van der Waals surface area contributed by atoms with Gasteiger partial charge in [-0.2, -0.15) is 8.78 Å². The molecule has 1 saturated carbocycles. The van der Waals surface area contributed by atoms with Crippen molar-refractivity contribution in [1.82, 2.24) is 4.98 Å². The van der Waals surface area contributed by atoms with E-state index in [-0.39, 0.29) is 23.6 Å². The first-order chi connectivity index (χ1) is 13.0. The molecule has 0 bridgehead atoms. The number of pyridine rings is 1. The van der Waals surface area contributed by atoms with Gasteiger partial charge in [0, 0.05) is 24.1 Å². The highest BCUT2D eigenvalue weighted by Crippen LogP contribution is 2.29. The Labute approximate surface area is 157 Å². The van der Waals surface area contributed by atoms with Crippen molar-refractivity contribution in [2.45, 2.75) is 51.7 Å². The highest BCUT2D eigenvalue weighted by Gasteiger charge is 2.27. The van der Waals surface area contributed by atoms with Crippen molar-refractivity contribution in [3.8, 4) is 11.6 Å². The lowest BCUT2D eigenvalue weighted by Crippen LogP contribution is -2.29. The summed E-state index contributed by atoms with van der Waals surface area (Å²) in [6.07, 6.45) is 3.64. The Balaban J connectivity index is 1.47. The molecule has 0 radical (unpaired) electrons. The maximum atomic E-state index is 12.5. The third kappa shape index (κ3) is 5.74. The van der Waals surface area contributed by atoms with Gasteiger partial charge in [0.2, 0.25) is 5.88 Å². The van der Waals surface area contributed by atoms with Crippen LogP contribution < -0.4 is 9.47 Å². The van der Waals surface area contributed by atoms with Crippen LogP contribution in [-0.4, -0.2) is 23.5 Å². The van der Waals surface area contributed by atoms with Crippen molar-refractivity contribution in [2.75, 3.05) is 0 Å². The number of carbonyl (C=O) groups is 1. The number of benzene rings is 1. The number of aryl methyl sites for hydroxylation is 1. The molecule has 27 heavy (non-hydrogen) atoms. The first kappa shape index (κ1) is 19.3. The van der Waals surface area contributed by atoms with E-state index >= 15 is 0 Å². The van der Waals surface area contributed by atoms with Gasteiger partial charge in [0.1, 0.15) is 17.6 Å². The van der Waals surface area contributed by atoms with Crippen molar-refractivity contribution in [3.63, 3.8) is 0 Å². The number of hydrogen-bond donors (Lipinski definition) is 0. The number of hydrogen-bond acceptors (Lipinski definition) is 4. The number of nitrogens with zero attached hydrogens (tertiary/aromatic N) is 1. The lowest BCUT2D eigenvalue weighted by atomic mass is 9.83. The van der Waals surface area contributed by atoms with Gasteiger partial charge in [-0.25, -0.2) is 4.98 Å². The Bertz CT molecular complexity index is 756. The third-order valence-corrected chi connectivity index (χ3v) is 4.81. The summed E-state index contributed by atoms with van der Waals surface area (Å²) < 4.78 is 34.6. The molecule has 1 fully saturated rings. The summed E-state index contributed by atoms with van der Waals surface area (Å²) in [5.41, 5.74) is 1.73. The quantitative estimate of drug-likeness (QED) is 0.701. The average Bonchev–Trinajstić information content (AvgIpc) is 2.63. The smallest absolute Gasteiger partial charge is 0.387 e. The van der Waals surface area contributed by atoms with Gasteiger partial charge in [0.25, 0.3) is 0 Å². The normalized spacial score (nSPS) is 19.7. The van der Waals surface area contributed by atoms with Crippen molar-refractivity contribution >= 4 is 5.78 Å². The third-order valence-electron chi connectivity index (χ3n) is 4.81. The van der Waals surface area contributed by atoms with Gasteiger partial charge in [0.05, 0.1) is 0 Å². The van der Waals surface area contributed by atoms with E-state index in [9.17, 15) is 13.6 Å². The van der Waals surface area contributed by atoms with Gasteiger partial charge in [-0.1, -0.05) is 18.2 Å². The lowest BCUT2D eigenvalue weighted by molar-refractivity contribution is -0.123. The Hall–Kier alpha value is -2.50. The van der Waals surface area contributed by atoms with Crippen molar-refractivity contribution < 1.29 is 23.0 Å². The van der Waals surface area contributed by atoms with Crippen LogP contribution in [0.15, 0.2) is 42.5 Å². The lowest BCUT2D eigenvalue weighted by Gasteiger charge is -2.28. The summed E-state index contributed by atoms with van der Waals surface area (Å²) in [5.74, 6) is 0.941. The zero-order chi connectivity index (χ0) is 19.2. The van der Waals surface area contributed by atoms with E-state index in [2.05, 4.69) is 9.72 Å². The predicted molar refractivity (Wildman–Crippen MR) is 97.1 cm³/mol. The molecule has 1 aliphatic rings. The predicted octanol–water partition coefficient (Wildman–Crippen LogP) is 4.74. The maximum Gasteiger partial charge on any atom is 0.387 e. The summed E-state index contributed by atoms with van der Waals surface area (Å²) >= 11 is 0. The fraction of sp³-hybridized carbons (Fsp3) is 0.429. The molecule has 3 rings (SSSR count). The summed E-state index contributed by atoms with van der Waals surface area (Å²) in [7, 11) is 0. The van der Waals surface area contributed by atoms with Crippen LogP contribution in [0.5, 0.6) is 11.6 Å². The number of ether oxygens (including phenoxy) is 2. The topological polar surface area (TPSA) is 48.4 Å². The number of halogens is 2. The number of alkyl halides is 2. The van der Waals surface area contributed by atoms with Crippen LogP contribution in [0.4, 0.5) is 8.78 Å². The second-order valence-electron chi connectivity index (χ2n) is 6.87. The zero-order valence-corrected chi connectivity index (χ0v) is 15.2. The van der Waals surface area contributed by atoms with E-state index in [0.717, 1.165) is 36.9 Å². The Kier molecular flexibility index (Phi) is 6.37. The molecule has 4 nitrogen and oxygen atoms in total. The molecule has 6 heteroatoms. The Morgan fingerprint density at radius 2 is 1.81 bits per heavy atom. The van der Waals surface area contributed by atoms with E-state index < -0.39 is 6.61 Å². The molecule has 144 valence electrons. The van der Waals surface area contributed by atoms with Crippen LogP contribution >= 0.6 is 0 Å². The minimum atomic E-state index is -2.84. The molecule has 0 atom stereocenters. The minimum Gasteiger partial charge on any atom is -0.474 e. The van der Waals surface area contributed by atoms with Crippen LogP contribution in [0, 0.1) is 12.8 Å². The number of carbonyl (C=O) groups excluding carboxylic acids is 1. The van der Waals surface area contributed by atoms with Gasteiger partial charge < -0.3 is 9.47 Å². The van der Waals surface area contributed by atoms with Gasteiger partial charge in [0.15, 0.2) is 0 Å². The fourth-order valence-electron chi connectivity index (χ4n) is 3.39. The van der Waals surface area contributed by atoms with Gasteiger partial charge in [-0.05, 0) is 56.4 Å². The van der Waals surface area contributed by atoms with Crippen LogP contribution in [0.3, 0.4) is 0 Å². The van der Waals surface area contributed by atoms with E-state index in [1.807, 2.05) is 25.1 Å². The molecule has 0 saturated heterocycles. The first-order valence-corrected chi connectivity index (χ1v) is 9.16. The number of rotatable bonds is 7. The molecular weight excluding hydrogens is 352 g/mol. The van der Waals surface area contributed by atoms with Gasteiger partial charge in [-0.3, -0.25) is 4.79 Å². The zero-order valence-electron chi connectivity index (χ0n) is 15.2. The second-order valence-corrected chi connectivity index (χ2v) is 6.87. The molecule has 1 aromatic heterocycles. The van der Waals surface area contributed by atoms with Crippen LogP contribution in [0.2, 0.25) is 0 Å². The van der Waals surface area contributed by atoms with Crippen LogP contribution in [0.25, 0.3) is 0 Å². The number of ketones is 1. The van der Waals surface area contributed by atoms with E-state index in [0.29, 0.717) is 12.3 Å². The van der Waals surface area contributed by atoms with Crippen molar-refractivity contribution in [2.24, 2.45) is 5.92 Å². The molecule has 0 aliphatic heterocycles. The summed E-state index contributed by atoms with van der Waals surface area (Å²) in [6, 6.07) is 12.0. The van der Waals surface area contributed by atoms with Crippen molar-refractivity contribution in [1.29, 1.82) is 0 Å². The highest BCUT2D eigenvalue weighted by molar-refractivity contribution is 5.83. The molecule has 0 N–H and O–H groups in total. The molecule has 1 aliphatic carbocycles. The van der Waals surface area contributed by atoms with Crippen molar-refractivity contribution in [3.05, 3.63) is 53.7 Å². The first-order valence-electron chi connectivity index (χ1n) is 9.16. The summed E-state index contributed by atoms with van der Waals surface area (Å²) in [6.45, 7) is -0.918. The van der Waals surface area contributed by atoms with E-state index in [1.54, 1.807) is 12.1 Å². The number of Topliss-reactive ketones (excluding diaryl/α,β-unsaturated/α-hetero) is 1. The highest BCUT2D eigenvalue weighted by atomic mass is 19.3. The van der Waals surface area contributed by atoms with Gasteiger partial charge in [-0.15, -0.1) is 0 Å². The monoisotopic (exact) mass is 375 g/mol. The Morgan fingerprint density at radius 1 is 1.11 bits per heavy atom. The van der Waals surface area contributed by atoms with E-state index in [4.69, 9.17) is 4.74 Å². The average molecular weight is 375 g/mol. The largest absolute Gasteiger partial charge is 0.474 e. The summed E-state index contributed by atoms with van der Waals surface area (Å²) in [4.78, 5) is 16.9. The molecule has 0 spiro atoms. The summed E-state index contributed by atoms with van der Waals surface area (Å²) in [5, 5.41) is 0. The molecule has 1 heterocycles. The molecule has 0 unspecified atom stereocenters. The van der Waals surface area contributed by atoms with E-state index in [1.165, 1.54) is 12.1 Å². The Morgan fingerprint density at radius 3 is 2.44 bits per heavy atom. The molecule has 2 aromatic rings. The minimum absolute atomic E-state index is 0.0207. The van der Waals surface area contributed by atoms with Crippen LogP contribution in [-0.2, 0) is 11.2 Å². The molecule has 1 aromatic carbocycles.